The Labute approximate surface area is 202 Å². The highest BCUT2D eigenvalue weighted by Gasteiger charge is 2.16. The normalized spacial score (nSPS) is 10.7. The zero-order chi connectivity index (χ0) is 24.2. The van der Waals surface area contributed by atoms with Crippen molar-refractivity contribution in [1.29, 1.82) is 0 Å². The lowest BCUT2D eigenvalue weighted by molar-refractivity contribution is 0.355. The van der Waals surface area contributed by atoms with Gasteiger partial charge in [0.25, 0.3) is 0 Å². The van der Waals surface area contributed by atoms with Crippen molar-refractivity contribution in [3.05, 3.63) is 103 Å². The molecule has 1 heterocycles. The van der Waals surface area contributed by atoms with Crippen LogP contribution < -0.4 is 18.9 Å². The van der Waals surface area contributed by atoms with Crippen LogP contribution in [-0.2, 0) is 0 Å². The number of ether oxygens (including phenoxy) is 4. The van der Waals surface area contributed by atoms with Gasteiger partial charge >= 0.3 is 0 Å². The number of hydrogen-bond acceptors (Lipinski definition) is 5. The quantitative estimate of drug-likeness (QED) is 0.246. The molecule has 5 rings (SSSR count). The molecule has 0 spiro atoms. The molecule has 0 amide bonds. The number of nitrogens with zero attached hydrogens (tertiary/aromatic N) is 1. The molecule has 0 radical (unpaired) electrons. The van der Waals surface area contributed by atoms with Crippen LogP contribution in [0.4, 0.5) is 4.39 Å². The van der Waals surface area contributed by atoms with Gasteiger partial charge in [0.2, 0.25) is 0 Å². The SMILES string of the molecule is COc1cc2nccc(Oc3c(F)cccc3-c3ccc(Oc4ccccc4)cc3)c2cc1OC. The molecular weight excluding hydrogens is 445 g/mol. The fourth-order valence-electron chi connectivity index (χ4n) is 3.81. The van der Waals surface area contributed by atoms with Gasteiger partial charge in [0.05, 0.1) is 19.7 Å². The van der Waals surface area contributed by atoms with E-state index < -0.39 is 5.82 Å². The summed E-state index contributed by atoms with van der Waals surface area (Å²) in [5.74, 6) is 2.59. The maximum atomic E-state index is 15.0. The summed E-state index contributed by atoms with van der Waals surface area (Å²) in [6, 6.07) is 27.0. The number of para-hydroxylation sites is 2. The predicted molar refractivity (Wildman–Crippen MR) is 133 cm³/mol. The Morgan fingerprint density at radius 2 is 1.37 bits per heavy atom. The molecule has 4 aromatic carbocycles. The molecule has 5 nitrogen and oxygen atoms in total. The van der Waals surface area contributed by atoms with Crippen molar-refractivity contribution in [3.63, 3.8) is 0 Å². The van der Waals surface area contributed by atoms with E-state index in [0.717, 1.165) is 11.3 Å². The first kappa shape index (κ1) is 22.2. The molecule has 0 fully saturated rings. The molecular formula is C29H22FNO4. The van der Waals surface area contributed by atoms with Crippen molar-refractivity contribution in [1.82, 2.24) is 4.98 Å². The summed E-state index contributed by atoms with van der Waals surface area (Å²) in [5.41, 5.74) is 2.04. The lowest BCUT2D eigenvalue weighted by atomic mass is 10.0. The maximum absolute atomic E-state index is 15.0. The molecule has 1 aromatic heterocycles. The first-order valence-corrected chi connectivity index (χ1v) is 11.0. The number of fused-ring (bicyclic) bond motifs is 1. The van der Waals surface area contributed by atoms with Crippen molar-refractivity contribution in [3.8, 4) is 45.6 Å². The average molecular weight is 467 g/mol. The van der Waals surface area contributed by atoms with Crippen molar-refractivity contribution in [2.45, 2.75) is 0 Å². The van der Waals surface area contributed by atoms with Gasteiger partial charge in [-0.1, -0.05) is 42.5 Å². The molecule has 0 bridgehead atoms. The Morgan fingerprint density at radius 1 is 0.657 bits per heavy atom. The molecule has 35 heavy (non-hydrogen) atoms. The van der Waals surface area contributed by atoms with E-state index in [1.165, 1.54) is 6.07 Å². The molecule has 0 aliphatic rings. The highest BCUT2D eigenvalue weighted by atomic mass is 19.1. The van der Waals surface area contributed by atoms with Crippen LogP contribution in [0.1, 0.15) is 0 Å². The van der Waals surface area contributed by atoms with Crippen LogP contribution >= 0.6 is 0 Å². The Morgan fingerprint density at radius 3 is 2.11 bits per heavy atom. The number of pyridine rings is 1. The van der Waals surface area contributed by atoms with Gasteiger partial charge in [0.15, 0.2) is 23.1 Å². The number of halogens is 1. The van der Waals surface area contributed by atoms with E-state index >= 15 is 4.39 Å². The Kier molecular flexibility index (Phi) is 6.18. The third-order valence-corrected chi connectivity index (χ3v) is 5.53. The summed E-state index contributed by atoms with van der Waals surface area (Å²) >= 11 is 0. The third-order valence-electron chi connectivity index (χ3n) is 5.53. The van der Waals surface area contributed by atoms with Gasteiger partial charge in [-0.2, -0.15) is 0 Å². The van der Waals surface area contributed by atoms with E-state index in [2.05, 4.69) is 4.98 Å². The van der Waals surface area contributed by atoms with E-state index in [1.807, 2.05) is 60.7 Å². The summed E-state index contributed by atoms with van der Waals surface area (Å²) in [4.78, 5) is 4.39. The Hall–Kier alpha value is -4.58. The molecule has 0 N–H and O–H groups in total. The van der Waals surface area contributed by atoms with Crippen molar-refractivity contribution in [2.75, 3.05) is 14.2 Å². The molecule has 5 aromatic rings. The first-order valence-electron chi connectivity index (χ1n) is 11.0. The summed E-state index contributed by atoms with van der Waals surface area (Å²) in [5, 5.41) is 0.672. The predicted octanol–water partition coefficient (Wildman–Crippen LogP) is 7.64. The van der Waals surface area contributed by atoms with Gasteiger partial charge in [-0.25, -0.2) is 4.39 Å². The van der Waals surface area contributed by atoms with Crippen LogP contribution in [-0.4, -0.2) is 19.2 Å². The lowest BCUT2D eigenvalue weighted by Crippen LogP contribution is -1.96. The highest BCUT2D eigenvalue weighted by molar-refractivity contribution is 5.88. The highest BCUT2D eigenvalue weighted by Crippen LogP contribution is 2.40. The minimum Gasteiger partial charge on any atom is -0.493 e. The fraction of sp³-hybridized carbons (Fsp3) is 0.0690. The second kappa shape index (κ2) is 9.73. The van der Waals surface area contributed by atoms with Crippen LogP contribution in [0, 0.1) is 5.82 Å². The van der Waals surface area contributed by atoms with Crippen molar-refractivity contribution < 1.29 is 23.3 Å². The maximum Gasteiger partial charge on any atom is 0.170 e. The van der Waals surface area contributed by atoms with Crippen LogP contribution in [0.25, 0.3) is 22.0 Å². The lowest BCUT2D eigenvalue weighted by Gasteiger charge is -2.15. The van der Waals surface area contributed by atoms with Gasteiger partial charge in [-0.05, 0) is 48.0 Å². The summed E-state index contributed by atoms with van der Waals surface area (Å²) < 4.78 is 37.9. The van der Waals surface area contributed by atoms with E-state index in [-0.39, 0.29) is 5.75 Å². The number of benzene rings is 4. The zero-order valence-corrected chi connectivity index (χ0v) is 19.2. The van der Waals surface area contributed by atoms with Crippen LogP contribution in [0.5, 0.6) is 34.5 Å². The largest absolute Gasteiger partial charge is 0.493 e. The smallest absolute Gasteiger partial charge is 0.170 e. The van der Waals surface area contributed by atoms with Gasteiger partial charge in [0.1, 0.15) is 17.2 Å². The van der Waals surface area contributed by atoms with E-state index in [0.29, 0.717) is 39.5 Å². The fourth-order valence-corrected chi connectivity index (χ4v) is 3.81. The second-order valence-corrected chi connectivity index (χ2v) is 7.69. The standard InChI is InChI=1S/C29H22FNO4/c1-32-27-17-23-25(18-28(27)33-2)31-16-15-26(23)35-29-22(9-6-10-24(29)30)19-11-13-21(14-12-19)34-20-7-4-3-5-8-20/h3-18H,1-2H3. The number of rotatable bonds is 7. The van der Waals surface area contributed by atoms with Gasteiger partial charge in [0, 0.05) is 23.2 Å². The van der Waals surface area contributed by atoms with Crippen LogP contribution in [0.2, 0.25) is 0 Å². The van der Waals surface area contributed by atoms with Crippen LogP contribution in [0.3, 0.4) is 0 Å². The Bertz CT molecular complexity index is 1470. The zero-order valence-electron chi connectivity index (χ0n) is 19.2. The molecule has 6 heteroatoms. The number of methoxy groups -OCH3 is 2. The average Bonchev–Trinajstić information content (AvgIpc) is 2.90. The molecule has 0 aliphatic carbocycles. The Balaban J connectivity index is 1.50. The monoisotopic (exact) mass is 467 g/mol. The molecule has 0 saturated heterocycles. The topological polar surface area (TPSA) is 49.8 Å². The van der Waals surface area contributed by atoms with Crippen molar-refractivity contribution >= 4 is 10.9 Å². The molecule has 0 unspecified atom stereocenters. The minimum atomic E-state index is -0.474. The summed E-state index contributed by atoms with van der Waals surface area (Å²) in [6.07, 6.45) is 1.61. The second-order valence-electron chi connectivity index (χ2n) is 7.69. The van der Waals surface area contributed by atoms with Gasteiger partial charge < -0.3 is 18.9 Å². The molecule has 0 aliphatic heterocycles. The van der Waals surface area contributed by atoms with E-state index in [4.69, 9.17) is 18.9 Å². The van der Waals surface area contributed by atoms with Gasteiger partial charge in [-0.15, -0.1) is 0 Å². The minimum absolute atomic E-state index is 0.117. The van der Waals surface area contributed by atoms with Crippen LogP contribution in [0.15, 0.2) is 97.2 Å². The van der Waals surface area contributed by atoms with E-state index in [9.17, 15) is 0 Å². The van der Waals surface area contributed by atoms with Crippen molar-refractivity contribution in [2.24, 2.45) is 0 Å². The first-order chi connectivity index (χ1) is 17.2. The molecule has 174 valence electrons. The number of aromatic nitrogens is 1. The molecule has 0 saturated carbocycles. The third kappa shape index (κ3) is 4.59. The van der Waals surface area contributed by atoms with Gasteiger partial charge in [-0.3, -0.25) is 4.98 Å². The number of hydrogen-bond donors (Lipinski definition) is 0. The molecule has 0 atom stereocenters. The summed E-state index contributed by atoms with van der Waals surface area (Å²) in [7, 11) is 3.12. The van der Waals surface area contributed by atoms with E-state index in [1.54, 1.807) is 44.7 Å². The summed E-state index contributed by atoms with van der Waals surface area (Å²) in [6.45, 7) is 0.